The molecule has 162 valence electrons. The molecule has 1 N–H and O–H groups in total. The van der Waals surface area contributed by atoms with Crippen LogP contribution in [0.25, 0.3) is 16.0 Å². The maximum Gasteiger partial charge on any atom is 0.272 e. The summed E-state index contributed by atoms with van der Waals surface area (Å²) in [7, 11) is 1.63. The zero-order valence-electron chi connectivity index (χ0n) is 17.6. The smallest absolute Gasteiger partial charge is 0.272 e. The lowest BCUT2D eigenvalue weighted by atomic mass is 10.2. The van der Waals surface area contributed by atoms with E-state index in [-0.39, 0.29) is 11.5 Å². The van der Waals surface area contributed by atoms with Crippen molar-refractivity contribution in [2.24, 2.45) is 0 Å². The van der Waals surface area contributed by atoms with E-state index in [4.69, 9.17) is 4.74 Å². The molecular weight excluding hydrogens is 414 g/mol. The minimum Gasteiger partial charge on any atom is -0.497 e. The van der Waals surface area contributed by atoms with E-state index in [1.165, 1.54) is 11.3 Å². The topological polar surface area (TPSA) is 90.5 Å². The molecule has 0 fully saturated rings. The summed E-state index contributed by atoms with van der Waals surface area (Å²) in [6, 6.07) is 9.55. The number of thiophene rings is 1. The number of carbonyl (C=O) groups is 1. The Morgan fingerprint density at radius 2 is 2.00 bits per heavy atom. The summed E-state index contributed by atoms with van der Waals surface area (Å²) in [5.74, 6) is 2.12. The van der Waals surface area contributed by atoms with Crippen molar-refractivity contribution < 1.29 is 9.53 Å². The number of nitrogens with zero attached hydrogens (tertiary/aromatic N) is 4. The number of methoxy groups -OCH3 is 1. The molecule has 0 aliphatic carbocycles. The fraction of sp³-hybridized carbons (Fsp3) is 0.364. The van der Waals surface area contributed by atoms with Gasteiger partial charge >= 0.3 is 0 Å². The summed E-state index contributed by atoms with van der Waals surface area (Å²) in [6.45, 7) is 3.11. The van der Waals surface area contributed by atoms with Crippen LogP contribution < -0.4 is 15.6 Å². The first-order valence-electron chi connectivity index (χ1n) is 10.4. The van der Waals surface area contributed by atoms with Crippen molar-refractivity contribution >= 4 is 33.2 Å². The highest BCUT2D eigenvalue weighted by molar-refractivity contribution is 7.17. The Kier molecular flexibility index (Phi) is 6.31. The molecule has 0 saturated heterocycles. The Labute approximate surface area is 183 Å². The number of carbonyl (C=O) groups excluding carboxylic acids is 1. The van der Waals surface area contributed by atoms with Gasteiger partial charge in [0.1, 0.15) is 16.3 Å². The minimum atomic E-state index is -0.0174. The molecule has 8 nitrogen and oxygen atoms in total. The highest BCUT2D eigenvalue weighted by atomic mass is 32.1. The molecule has 1 amide bonds. The highest BCUT2D eigenvalue weighted by Gasteiger charge is 2.17. The summed E-state index contributed by atoms with van der Waals surface area (Å²) in [4.78, 5) is 25.0. The van der Waals surface area contributed by atoms with E-state index in [9.17, 15) is 9.59 Å². The maximum atomic E-state index is 12.8. The summed E-state index contributed by atoms with van der Waals surface area (Å²) in [6.07, 6.45) is 2.48. The van der Waals surface area contributed by atoms with Crippen LogP contribution in [0.4, 0.5) is 0 Å². The van der Waals surface area contributed by atoms with Crippen LogP contribution in [0.2, 0.25) is 0 Å². The van der Waals surface area contributed by atoms with Crippen molar-refractivity contribution in [3.8, 4) is 5.75 Å². The number of fused-ring (bicyclic) bond motifs is 3. The Bertz CT molecular complexity index is 1260. The second-order valence-corrected chi connectivity index (χ2v) is 8.24. The van der Waals surface area contributed by atoms with Crippen LogP contribution >= 0.6 is 11.3 Å². The third-order valence-electron chi connectivity index (χ3n) is 5.18. The second-order valence-electron chi connectivity index (χ2n) is 7.32. The number of aryl methyl sites for hydroxylation is 2. The van der Waals surface area contributed by atoms with Crippen LogP contribution in [0.5, 0.6) is 5.75 Å². The molecule has 3 aromatic heterocycles. The SMILES string of the molecule is CCCn1c(=O)c2sccc2n2c(CCCC(=O)NCc3ccc(OC)cc3)nnc12. The lowest BCUT2D eigenvalue weighted by Crippen LogP contribution is -2.23. The van der Waals surface area contributed by atoms with Gasteiger partial charge in [0.05, 0.1) is 12.6 Å². The number of aromatic nitrogens is 4. The zero-order valence-corrected chi connectivity index (χ0v) is 18.4. The van der Waals surface area contributed by atoms with Gasteiger partial charge in [-0.05, 0) is 42.0 Å². The molecule has 4 aromatic rings. The van der Waals surface area contributed by atoms with Crippen molar-refractivity contribution in [2.45, 2.75) is 45.7 Å². The normalized spacial score (nSPS) is 11.3. The van der Waals surface area contributed by atoms with Crippen LogP contribution in [-0.4, -0.2) is 32.2 Å². The fourth-order valence-corrected chi connectivity index (χ4v) is 4.43. The van der Waals surface area contributed by atoms with E-state index in [1.807, 2.05) is 47.0 Å². The molecule has 0 atom stereocenters. The molecule has 0 aliphatic heterocycles. The molecule has 0 saturated carbocycles. The quantitative estimate of drug-likeness (QED) is 0.433. The van der Waals surface area contributed by atoms with Crippen LogP contribution in [0.15, 0.2) is 40.5 Å². The van der Waals surface area contributed by atoms with E-state index >= 15 is 0 Å². The predicted molar refractivity (Wildman–Crippen MR) is 121 cm³/mol. The minimum absolute atomic E-state index is 0.00629. The number of ether oxygens (including phenoxy) is 1. The third kappa shape index (κ3) is 4.32. The van der Waals surface area contributed by atoms with Gasteiger partial charge in [-0.1, -0.05) is 19.1 Å². The standard InChI is InChI=1S/C22H25N5O3S/c1-3-12-26-21(29)20-17(11-13-31-20)27-18(24-25-22(26)27)5-4-6-19(28)23-14-15-7-9-16(30-2)10-8-15/h7-11,13H,3-6,12,14H2,1-2H3,(H,23,28). The maximum absolute atomic E-state index is 12.8. The van der Waals surface area contributed by atoms with Gasteiger partial charge in [-0.25, -0.2) is 0 Å². The van der Waals surface area contributed by atoms with Crippen molar-refractivity contribution in [3.63, 3.8) is 0 Å². The average Bonchev–Trinajstić information content (AvgIpc) is 3.43. The van der Waals surface area contributed by atoms with Gasteiger partial charge in [0, 0.05) is 25.9 Å². The molecule has 0 unspecified atom stereocenters. The summed E-state index contributed by atoms with van der Waals surface area (Å²) in [5, 5.41) is 13.5. The van der Waals surface area contributed by atoms with Gasteiger partial charge in [0.25, 0.3) is 5.56 Å². The molecule has 31 heavy (non-hydrogen) atoms. The lowest BCUT2D eigenvalue weighted by molar-refractivity contribution is -0.121. The van der Waals surface area contributed by atoms with Gasteiger partial charge in [0.2, 0.25) is 11.7 Å². The number of amides is 1. The van der Waals surface area contributed by atoms with E-state index in [2.05, 4.69) is 15.5 Å². The van der Waals surface area contributed by atoms with E-state index in [0.717, 1.165) is 29.1 Å². The number of hydrogen-bond acceptors (Lipinski definition) is 6. The van der Waals surface area contributed by atoms with E-state index in [1.54, 1.807) is 11.7 Å². The Morgan fingerprint density at radius 3 is 2.74 bits per heavy atom. The van der Waals surface area contributed by atoms with Crippen molar-refractivity contribution in [2.75, 3.05) is 7.11 Å². The van der Waals surface area contributed by atoms with Crippen molar-refractivity contribution in [3.05, 3.63) is 57.5 Å². The molecular formula is C22H25N5O3S. The molecule has 9 heteroatoms. The number of hydrogen-bond donors (Lipinski definition) is 1. The van der Waals surface area contributed by atoms with Crippen molar-refractivity contribution in [1.82, 2.24) is 24.5 Å². The summed E-state index contributed by atoms with van der Waals surface area (Å²) >= 11 is 1.43. The Morgan fingerprint density at radius 1 is 1.19 bits per heavy atom. The molecule has 0 bridgehead atoms. The Balaban J connectivity index is 1.42. The van der Waals surface area contributed by atoms with Crippen LogP contribution in [0.1, 0.15) is 37.6 Å². The molecule has 0 radical (unpaired) electrons. The van der Waals surface area contributed by atoms with Crippen molar-refractivity contribution in [1.29, 1.82) is 0 Å². The van der Waals surface area contributed by atoms with E-state index in [0.29, 0.717) is 42.8 Å². The zero-order chi connectivity index (χ0) is 21.8. The van der Waals surface area contributed by atoms with Gasteiger partial charge in [0.15, 0.2) is 0 Å². The molecule has 0 spiro atoms. The van der Waals surface area contributed by atoms with Crippen LogP contribution in [0.3, 0.4) is 0 Å². The second kappa shape index (κ2) is 9.30. The lowest BCUT2D eigenvalue weighted by Gasteiger charge is -2.08. The fourth-order valence-electron chi connectivity index (χ4n) is 3.61. The summed E-state index contributed by atoms with van der Waals surface area (Å²) in [5.41, 5.74) is 1.84. The third-order valence-corrected chi connectivity index (χ3v) is 6.07. The molecule has 1 aromatic carbocycles. The molecule has 3 heterocycles. The van der Waals surface area contributed by atoms with Crippen LogP contribution in [-0.2, 0) is 24.3 Å². The van der Waals surface area contributed by atoms with Gasteiger partial charge in [-0.3, -0.25) is 18.6 Å². The highest BCUT2D eigenvalue weighted by Crippen LogP contribution is 2.20. The van der Waals surface area contributed by atoms with Gasteiger partial charge in [-0.15, -0.1) is 21.5 Å². The summed E-state index contributed by atoms with van der Waals surface area (Å²) < 4.78 is 9.50. The number of benzene rings is 1. The van der Waals surface area contributed by atoms with Gasteiger partial charge in [-0.2, -0.15) is 0 Å². The van der Waals surface area contributed by atoms with Gasteiger partial charge < -0.3 is 10.1 Å². The Hall–Kier alpha value is -3.20. The monoisotopic (exact) mass is 439 g/mol. The van der Waals surface area contributed by atoms with E-state index < -0.39 is 0 Å². The first-order chi connectivity index (χ1) is 15.1. The first-order valence-corrected chi connectivity index (χ1v) is 11.2. The molecule has 4 rings (SSSR count). The predicted octanol–water partition coefficient (Wildman–Crippen LogP) is 3.16. The van der Waals surface area contributed by atoms with Crippen LogP contribution in [0, 0.1) is 0 Å². The average molecular weight is 440 g/mol. The number of nitrogens with one attached hydrogen (secondary N) is 1. The number of rotatable bonds is 9. The largest absolute Gasteiger partial charge is 0.497 e. The molecule has 0 aliphatic rings. The first kappa shape index (κ1) is 21.0.